The molecule has 0 aliphatic heterocycles. The van der Waals surface area contributed by atoms with Crippen LogP contribution in [-0.2, 0) is 4.79 Å². The zero-order valence-electron chi connectivity index (χ0n) is 6.55. The van der Waals surface area contributed by atoms with E-state index in [9.17, 15) is 4.79 Å². The number of hydrogen-bond acceptors (Lipinski definition) is 1. The molecular formula is C10H12O. The Bertz CT molecular complexity index is 238. The van der Waals surface area contributed by atoms with Gasteiger partial charge in [-0.1, -0.05) is 12.2 Å². The first kappa shape index (κ1) is 5.99. The first-order valence-corrected chi connectivity index (χ1v) is 4.51. The highest BCUT2D eigenvalue weighted by molar-refractivity contribution is 5.92. The molecule has 1 heteroatoms. The van der Waals surface area contributed by atoms with Crippen molar-refractivity contribution < 1.29 is 4.79 Å². The molecule has 4 fully saturated rings. The van der Waals surface area contributed by atoms with Crippen LogP contribution in [0.2, 0.25) is 0 Å². The highest BCUT2D eigenvalue weighted by Crippen LogP contribution is 2.59. The Morgan fingerprint density at radius 1 is 1.27 bits per heavy atom. The molecule has 1 nitrogen and oxygen atoms in total. The summed E-state index contributed by atoms with van der Waals surface area (Å²) in [5.74, 6) is 2.54. The van der Waals surface area contributed by atoms with Gasteiger partial charge in [-0.3, -0.25) is 4.79 Å². The SMILES string of the molecule is C=C1[C@@H]2C(=O)[C@@H]3CC[C@H]2C[C@H]13. The molecule has 4 atom stereocenters. The van der Waals surface area contributed by atoms with Crippen molar-refractivity contribution in [2.45, 2.75) is 19.3 Å². The fourth-order valence-electron chi connectivity index (χ4n) is 3.44. The standard InChI is InChI=1S/C10H12O/c1-5-8-4-6-2-3-7(8)10(11)9(5)6/h6-9H,1-4H2/t6-,7+,8+,9-/m0/s1. The van der Waals surface area contributed by atoms with E-state index in [1.807, 2.05) is 0 Å². The molecule has 0 radical (unpaired) electrons. The van der Waals surface area contributed by atoms with Crippen LogP contribution < -0.4 is 0 Å². The molecule has 0 N–H and O–H groups in total. The lowest BCUT2D eigenvalue weighted by molar-refractivity contribution is -0.130. The molecule has 0 aromatic heterocycles. The molecule has 0 unspecified atom stereocenters. The highest BCUT2D eigenvalue weighted by Gasteiger charge is 2.57. The average molecular weight is 148 g/mol. The van der Waals surface area contributed by atoms with E-state index in [0.717, 1.165) is 6.42 Å². The van der Waals surface area contributed by atoms with Crippen molar-refractivity contribution in [2.24, 2.45) is 23.7 Å². The van der Waals surface area contributed by atoms with Gasteiger partial charge in [0, 0.05) is 11.8 Å². The molecule has 58 valence electrons. The summed E-state index contributed by atoms with van der Waals surface area (Å²) in [5, 5.41) is 0. The maximum absolute atomic E-state index is 11.6. The Balaban J connectivity index is 2.15. The van der Waals surface area contributed by atoms with E-state index in [1.165, 1.54) is 18.4 Å². The lowest BCUT2D eigenvalue weighted by Crippen LogP contribution is -2.34. The van der Waals surface area contributed by atoms with Crippen LogP contribution in [-0.4, -0.2) is 5.78 Å². The van der Waals surface area contributed by atoms with Crippen LogP contribution in [0.4, 0.5) is 0 Å². The van der Waals surface area contributed by atoms with Crippen LogP contribution in [0.25, 0.3) is 0 Å². The number of carbonyl (C=O) groups excluding carboxylic acids is 1. The normalized spacial score (nSPS) is 52.7. The van der Waals surface area contributed by atoms with Gasteiger partial charge in [-0.05, 0) is 31.1 Å². The van der Waals surface area contributed by atoms with Gasteiger partial charge in [0.05, 0.1) is 0 Å². The minimum Gasteiger partial charge on any atom is -0.299 e. The van der Waals surface area contributed by atoms with Crippen molar-refractivity contribution in [3.05, 3.63) is 12.2 Å². The van der Waals surface area contributed by atoms with E-state index in [2.05, 4.69) is 6.58 Å². The molecule has 0 aromatic rings. The second-order valence-corrected chi connectivity index (χ2v) is 4.24. The molecular weight excluding hydrogens is 136 g/mol. The van der Waals surface area contributed by atoms with Gasteiger partial charge in [0.15, 0.2) is 0 Å². The maximum Gasteiger partial charge on any atom is 0.143 e. The number of ketones is 1. The van der Waals surface area contributed by atoms with E-state index in [0.29, 0.717) is 29.5 Å². The molecule has 0 heterocycles. The third kappa shape index (κ3) is 0.492. The summed E-state index contributed by atoms with van der Waals surface area (Å²) >= 11 is 0. The monoisotopic (exact) mass is 148 g/mol. The van der Waals surface area contributed by atoms with Crippen molar-refractivity contribution in [3.63, 3.8) is 0 Å². The average Bonchev–Trinajstić information content (AvgIpc) is 2.38. The first-order chi connectivity index (χ1) is 5.29. The Morgan fingerprint density at radius 2 is 2.09 bits per heavy atom. The predicted molar refractivity (Wildman–Crippen MR) is 42.0 cm³/mol. The summed E-state index contributed by atoms with van der Waals surface area (Å²) in [7, 11) is 0. The molecule has 0 spiro atoms. The number of allylic oxidation sites excluding steroid dienone is 1. The third-order valence-electron chi connectivity index (χ3n) is 3.91. The maximum atomic E-state index is 11.6. The quantitative estimate of drug-likeness (QED) is 0.479. The third-order valence-corrected chi connectivity index (χ3v) is 3.91. The van der Waals surface area contributed by atoms with Gasteiger partial charge in [0.2, 0.25) is 0 Å². The van der Waals surface area contributed by atoms with Gasteiger partial charge in [-0.15, -0.1) is 0 Å². The summed E-state index contributed by atoms with van der Waals surface area (Å²) in [6.07, 6.45) is 3.72. The van der Waals surface area contributed by atoms with Crippen molar-refractivity contribution >= 4 is 5.78 Å². The molecule has 11 heavy (non-hydrogen) atoms. The Hall–Kier alpha value is -0.590. The fraction of sp³-hybridized carbons (Fsp3) is 0.700. The van der Waals surface area contributed by atoms with Gasteiger partial charge in [-0.2, -0.15) is 0 Å². The van der Waals surface area contributed by atoms with Crippen LogP contribution in [0.5, 0.6) is 0 Å². The molecule has 4 aliphatic rings. The first-order valence-electron chi connectivity index (χ1n) is 4.51. The van der Waals surface area contributed by atoms with Crippen LogP contribution in [0.1, 0.15) is 19.3 Å². The fourth-order valence-corrected chi connectivity index (χ4v) is 3.44. The van der Waals surface area contributed by atoms with Gasteiger partial charge >= 0.3 is 0 Å². The number of rotatable bonds is 0. The van der Waals surface area contributed by atoms with Gasteiger partial charge in [0.25, 0.3) is 0 Å². The van der Waals surface area contributed by atoms with Crippen LogP contribution in [0.3, 0.4) is 0 Å². The van der Waals surface area contributed by atoms with E-state index in [1.54, 1.807) is 0 Å². The summed E-state index contributed by atoms with van der Waals surface area (Å²) in [4.78, 5) is 11.6. The van der Waals surface area contributed by atoms with Crippen molar-refractivity contribution in [2.75, 3.05) is 0 Å². The molecule has 4 aliphatic carbocycles. The second kappa shape index (κ2) is 1.60. The number of carbonyl (C=O) groups is 1. The molecule has 0 amide bonds. The second-order valence-electron chi connectivity index (χ2n) is 4.24. The minimum atomic E-state index is 0.304. The Labute approximate surface area is 66.5 Å². The van der Waals surface area contributed by atoms with Crippen LogP contribution >= 0.6 is 0 Å². The number of fused-ring (bicyclic) bond motifs is 1. The number of hydrogen-bond donors (Lipinski definition) is 0. The molecule has 4 bridgehead atoms. The van der Waals surface area contributed by atoms with Crippen molar-refractivity contribution in [1.29, 1.82) is 0 Å². The smallest absolute Gasteiger partial charge is 0.143 e. The summed E-state index contributed by atoms with van der Waals surface area (Å²) in [5.41, 5.74) is 1.28. The van der Waals surface area contributed by atoms with E-state index in [-0.39, 0.29) is 0 Å². The lowest BCUT2D eigenvalue weighted by atomic mass is 9.70. The summed E-state index contributed by atoms with van der Waals surface area (Å²) in [6.45, 7) is 4.05. The summed E-state index contributed by atoms with van der Waals surface area (Å²) in [6, 6.07) is 0. The molecule has 4 rings (SSSR count). The van der Waals surface area contributed by atoms with E-state index in [4.69, 9.17) is 0 Å². The zero-order valence-corrected chi connectivity index (χ0v) is 6.55. The summed E-state index contributed by atoms with van der Waals surface area (Å²) < 4.78 is 0. The van der Waals surface area contributed by atoms with Gasteiger partial charge in [0.1, 0.15) is 5.78 Å². The van der Waals surface area contributed by atoms with E-state index >= 15 is 0 Å². The Morgan fingerprint density at radius 3 is 2.55 bits per heavy atom. The lowest BCUT2D eigenvalue weighted by Gasteiger charge is -2.32. The zero-order chi connectivity index (χ0) is 7.59. The topological polar surface area (TPSA) is 17.1 Å². The Kier molecular flexibility index (Phi) is 0.869. The molecule has 4 saturated carbocycles. The van der Waals surface area contributed by atoms with Crippen molar-refractivity contribution in [3.8, 4) is 0 Å². The van der Waals surface area contributed by atoms with Crippen molar-refractivity contribution in [1.82, 2.24) is 0 Å². The van der Waals surface area contributed by atoms with Gasteiger partial charge < -0.3 is 0 Å². The highest BCUT2D eigenvalue weighted by atomic mass is 16.1. The molecule has 0 aromatic carbocycles. The largest absolute Gasteiger partial charge is 0.299 e. The molecule has 0 saturated heterocycles. The predicted octanol–water partition coefficient (Wildman–Crippen LogP) is 1.79. The van der Waals surface area contributed by atoms with Crippen LogP contribution in [0, 0.1) is 23.7 Å². The van der Waals surface area contributed by atoms with E-state index < -0.39 is 0 Å². The minimum absolute atomic E-state index is 0.304. The number of Topliss-reactive ketones (excluding diaryl/α,β-unsaturated/α-hetero) is 1. The van der Waals surface area contributed by atoms with Crippen LogP contribution in [0.15, 0.2) is 12.2 Å². The van der Waals surface area contributed by atoms with Gasteiger partial charge in [-0.25, -0.2) is 0 Å².